The van der Waals surface area contributed by atoms with Crippen molar-refractivity contribution in [3.8, 4) is 11.1 Å². The highest BCUT2D eigenvalue weighted by Crippen LogP contribution is 2.28. The quantitative estimate of drug-likeness (QED) is 0.639. The lowest BCUT2D eigenvalue weighted by Gasteiger charge is -2.12. The van der Waals surface area contributed by atoms with Gasteiger partial charge in [0.2, 0.25) is 0 Å². The highest BCUT2D eigenvalue weighted by atomic mass is 14.2. The van der Waals surface area contributed by atoms with E-state index in [0.717, 1.165) is 0 Å². The maximum Gasteiger partial charge on any atom is 0.00109 e. The molecule has 0 fully saturated rings. The van der Waals surface area contributed by atoms with E-state index in [4.69, 9.17) is 0 Å². The Hall–Kier alpha value is -2.34. The molecule has 0 unspecified atom stereocenters. The molecule has 2 aromatic rings. The molecular weight excluding hydrogens is 252 g/mol. The van der Waals surface area contributed by atoms with Gasteiger partial charge in [-0.2, -0.15) is 0 Å². The average Bonchev–Trinajstić information content (AvgIpc) is 2.69. The Bertz CT molecular complexity index is 695. The smallest absolute Gasteiger partial charge is 0.00109 e. The van der Waals surface area contributed by atoms with Crippen molar-refractivity contribution in [1.29, 1.82) is 0 Å². The molecule has 2 aromatic carbocycles. The summed E-state index contributed by atoms with van der Waals surface area (Å²) in [7, 11) is 0. The predicted octanol–water partition coefficient (Wildman–Crippen LogP) is 5.89. The molecule has 3 rings (SSSR count). The summed E-state index contributed by atoms with van der Waals surface area (Å²) < 4.78 is 0. The molecule has 104 valence electrons. The van der Waals surface area contributed by atoms with Crippen molar-refractivity contribution < 1.29 is 0 Å². The normalized spacial score (nSPS) is 16.4. The van der Waals surface area contributed by atoms with Gasteiger partial charge in [0, 0.05) is 5.41 Å². The fourth-order valence-electron chi connectivity index (χ4n) is 2.49. The summed E-state index contributed by atoms with van der Waals surface area (Å²) in [6.07, 6.45) is 11.0. The maximum atomic E-state index is 2.26. The Morgan fingerprint density at radius 1 is 0.667 bits per heavy atom. The topological polar surface area (TPSA) is 0 Å². The molecule has 0 nitrogen and oxygen atoms in total. The van der Waals surface area contributed by atoms with E-state index in [1.807, 2.05) is 6.07 Å². The molecule has 0 aliphatic heterocycles. The van der Waals surface area contributed by atoms with Gasteiger partial charge in [-0.15, -0.1) is 0 Å². The molecule has 0 heteroatoms. The van der Waals surface area contributed by atoms with Gasteiger partial charge in [0.05, 0.1) is 0 Å². The van der Waals surface area contributed by atoms with Crippen molar-refractivity contribution in [1.82, 2.24) is 0 Å². The van der Waals surface area contributed by atoms with E-state index in [2.05, 4.69) is 92.8 Å². The van der Waals surface area contributed by atoms with Crippen LogP contribution in [-0.4, -0.2) is 0 Å². The van der Waals surface area contributed by atoms with E-state index < -0.39 is 0 Å². The Morgan fingerprint density at radius 2 is 1.29 bits per heavy atom. The third kappa shape index (κ3) is 3.22. The van der Waals surface area contributed by atoms with Crippen molar-refractivity contribution in [2.75, 3.05) is 0 Å². The molecule has 0 aromatic heterocycles. The van der Waals surface area contributed by atoms with Gasteiger partial charge < -0.3 is 0 Å². The molecule has 21 heavy (non-hydrogen) atoms. The van der Waals surface area contributed by atoms with Gasteiger partial charge in [0.1, 0.15) is 0 Å². The number of hydrogen-bond acceptors (Lipinski definition) is 0. The minimum Gasteiger partial charge on any atom is -0.0751 e. The first-order chi connectivity index (χ1) is 10.1. The summed E-state index contributed by atoms with van der Waals surface area (Å²) in [5.74, 6) is 0. The Labute approximate surface area is 127 Å². The van der Waals surface area contributed by atoms with Crippen LogP contribution in [-0.2, 0) is 0 Å². The maximum absolute atomic E-state index is 2.26. The summed E-state index contributed by atoms with van der Waals surface area (Å²) in [5.41, 5.74) is 5.16. The van der Waals surface area contributed by atoms with Crippen LogP contribution in [0.4, 0.5) is 0 Å². The van der Waals surface area contributed by atoms with Crippen LogP contribution in [0, 0.1) is 5.41 Å². The molecule has 0 saturated heterocycles. The summed E-state index contributed by atoms with van der Waals surface area (Å²) in [6.45, 7) is 4.44. The fraction of sp³-hybridized carbons (Fsp3) is 0.143. The summed E-state index contributed by atoms with van der Waals surface area (Å²) in [5, 5.41) is 0. The third-order valence-electron chi connectivity index (χ3n) is 3.82. The lowest BCUT2D eigenvalue weighted by Crippen LogP contribution is -2.00. The van der Waals surface area contributed by atoms with Gasteiger partial charge in [-0.1, -0.05) is 98.8 Å². The van der Waals surface area contributed by atoms with Crippen LogP contribution in [0.25, 0.3) is 16.7 Å². The van der Waals surface area contributed by atoms with Crippen LogP contribution in [0.1, 0.15) is 19.4 Å². The molecule has 0 saturated carbocycles. The largest absolute Gasteiger partial charge is 0.0751 e. The standard InChI is InChI=1S/C21H20/c1-21(2)15-6-9-18(14-16-21)20-12-10-19(11-13-20)17-7-4-3-5-8-17/h3-16H,1-2H3. The Morgan fingerprint density at radius 3 is 2.00 bits per heavy atom. The minimum absolute atomic E-state index is 0.127. The first-order valence-electron chi connectivity index (χ1n) is 7.39. The van der Waals surface area contributed by atoms with E-state index in [9.17, 15) is 0 Å². The van der Waals surface area contributed by atoms with E-state index in [0.29, 0.717) is 0 Å². The lowest BCUT2D eigenvalue weighted by molar-refractivity contribution is 0.627. The third-order valence-corrected chi connectivity index (χ3v) is 3.82. The zero-order chi connectivity index (χ0) is 14.7. The Balaban J connectivity index is 1.89. The van der Waals surface area contributed by atoms with Gasteiger partial charge >= 0.3 is 0 Å². The van der Waals surface area contributed by atoms with Gasteiger partial charge in [-0.25, -0.2) is 0 Å². The highest BCUT2D eigenvalue weighted by molar-refractivity contribution is 5.77. The van der Waals surface area contributed by atoms with Crippen molar-refractivity contribution >= 4 is 5.57 Å². The molecule has 0 atom stereocenters. The summed E-state index contributed by atoms with van der Waals surface area (Å²) in [6, 6.07) is 19.3. The van der Waals surface area contributed by atoms with E-state index in [1.165, 1.54) is 22.3 Å². The second kappa shape index (κ2) is 5.57. The van der Waals surface area contributed by atoms with Crippen LogP contribution in [0.3, 0.4) is 0 Å². The molecule has 0 bridgehead atoms. The highest BCUT2D eigenvalue weighted by Gasteiger charge is 2.11. The molecule has 0 heterocycles. The predicted molar refractivity (Wildman–Crippen MR) is 91.9 cm³/mol. The van der Waals surface area contributed by atoms with Crippen LogP contribution in [0.5, 0.6) is 0 Å². The molecule has 0 N–H and O–H groups in total. The van der Waals surface area contributed by atoms with Crippen molar-refractivity contribution in [3.05, 3.63) is 90.5 Å². The monoisotopic (exact) mass is 272 g/mol. The van der Waals surface area contributed by atoms with Crippen LogP contribution in [0.15, 0.2) is 85.0 Å². The molecule has 0 spiro atoms. The first-order valence-corrected chi connectivity index (χ1v) is 7.39. The van der Waals surface area contributed by atoms with E-state index >= 15 is 0 Å². The molecule has 0 radical (unpaired) electrons. The van der Waals surface area contributed by atoms with Crippen LogP contribution in [0.2, 0.25) is 0 Å². The summed E-state index contributed by atoms with van der Waals surface area (Å²) >= 11 is 0. The van der Waals surface area contributed by atoms with Gasteiger partial charge in [0.15, 0.2) is 0 Å². The number of hydrogen-bond donors (Lipinski definition) is 0. The van der Waals surface area contributed by atoms with Gasteiger partial charge in [0.25, 0.3) is 0 Å². The van der Waals surface area contributed by atoms with Gasteiger partial charge in [-0.3, -0.25) is 0 Å². The van der Waals surface area contributed by atoms with Crippen molar-refractivity contribution in [3.63, 3.8) is 0 Å². The number of allylic oxidation sites excluding steroid dienone is 6. The first kappa shape index (κ1) is 13.6. The van der Waals surface area contributed by atoms with Gasteiger partial charge in [-0.05, 0) is 22.3 Å². The van der Waals surface area contributed by atoms with Crippen LogP contribution < -0.4 is 0 Å². The van der Waals surface area contributed by atoms with E-state index in [1.54, 1.807) is 0 Å². The number of benzene rings is 2. The summed E-state index contributed by atoms with van der Waals surface area (Å²) in [4.78, 5) is 0. The zero-order valence-corrected chi connectivity index (χ0v) is 12.6. The van der Waals surface area contributed by atoms with Crippen molar-refractivity contribution in [2.24, 2.45) is 5.41 Å². The SMILES string of the molecule is CC1(C)C=CC=C(c2ccc(-c3ccccc3)cc2)C=C1. The molecule has 0 amide bonds. The van der Waals surface area contributed by atoms with Crippen LogP contribution >= 0.6 is 0 Å². The zero-order valence-electron chi connectivity index (χ0n) is 12.6. The van der Waals surface area contributed by atoms with Crippen molar-refractivity contribution in [2.45, 2.75) is 13.8 Å². The lowest BCUT2D eigenvalue weighted by atomic mass is 9.92. The van der Waals surface area contributed by atoms with E-state index in [-0.39, 0.29) is 5.41 Å². The fourth-order valence-corrected chi connectivity index (χ4v) is 2.49. The average molecular weight is 272 g/mol. The molecular formula is C21H20. The number of rotatable bonds is 2. The Kier molecular flexibility index (Phi) is 3.62. The second-order valence-corrected chi connectivity index (χ2v) is 6.08. The molecule has 1 aliphatic rings. The second-order valence-electron chi connectivity index (χ2n) is 6.08. The minimum atomic E-state index is 0.127. The molecule has 1 aliphatic carbocycles.